The normalized spacial score (nSPS) is 17.8. The lowest BCUT2D eigenvalue weighted by Crippen LogP contribution is -2.31. The SMILES string of the molecule is CC1CCC(=O)N1c1ccnc(N[C@H](C)c2nc(-c3ccc(Cl)cc3)no2)n1. The predicted molar refractivity (Wildman–Crippen MR) is 105 cm³/mol. The fourth-order valence-corrected chi connectivity index (χ4v) is 3.24. The van der Waals surface area contributed by atoms with Crippen molar-refractivity contribution in [3.05, 3.63) is 47.4 Å². The number of rotatable bonds is 5. The Morgan fingerprint density at radius 3 is 2.75 bits per heavy atom. The van der Waals surface area contributed by atoms with Gasteiger partial charge in [0.1, 0.15) is 11.9 Å². The molecule has 1 aliphatic heterocycles. The van der Waals surface area contributed by atoms with Crippen molar-refractivity contribution in [2.45, 2.75) is 38.8 Å². The lowest BCUT2D eigenvalue weighted by Gasteiger charge is -2.21. The van der Waals surface area contributed by atoms with Gasteiger partial charge in [0.15, 0.2) is 0 Å². The highest BCUT2D eigenvalue weighted by Gasteiger charge is 2.30. The topological polar surface area (TPSA) is 97.0 Å². The molecule has 0 bridgehead atoms. The first-order chi connectivity index (χ1) is 13.5. The molecule has 0 spiro atoms. The summed E-state index contributed by atoms with van der Waals surface area (Å²) in [5, 5.41) is 7.81. The number of benzene rings is 1. The summed E-state index contributed by atoms with van der Waals surface area (Å²) in [6.07, 6.45) is 3.00. The second-order valence-electron chi connectivity index (χ2n) is 6.72. The van der Waals surface area contributed by atoms with E-state index in [9.17, 15) is 4.79 Å². The molecule has 1 fully saturated rings. The van der Waals surface area contributed by atoms with Gasteiger partial charge in [-0.25, -0.2) is 4.98 Å². The number of nitrogens with zero attached hydrogens (tertiary/aromatic N) is 5. The number of hydrogen-bond acceptors (Lipinski definition) is 7. The molecule has 1 aromatic carbocycles. The maximum absolute atomic E-state index is 12.1. The first kappa shape index (κ1) is 18.4. The Kier molecular flexibility index (Phi) is 4.95. The molecule has 9 heteroatoms. The van der Waals surface area contributed by atoms with Gasteiger partial charge in [0.25, 0.3) is 0 Å². The highest BCUT2D eigenvalue weighted by molar-refractivity contribution is 6.30. The van der Waals surface area contributed by atoms with E-state index in [1.165, 1.54) is 0 Å². The third-order valence-corrected chi connectivity index (χ3v) is 4.89. The van der Waals surface area contributed by atoms with E-state index in [1.54, 1.807) is 29.3 Å². The summed E-state index contributed by atoms with van der Waals surface area (Å²) in [6, 6.07) is 8.76. The van der Waals surface area contributed by atoms with E-state index >= 15 is 0 Å². The first-order valence-corrected chi connectivity index (χ1v) is 9.40. The van der Waals surface area contributed by atoms with E-state index in [4.69, 9.17) is 16.1 Å². The second-order valence-corrected chi connectivity index (χ2v) is 7.16. The van der Waals surface area contributed by atoms with Crippen LogP contribution in [0, 0.1) is 0 Å². The summed E-state index contributed by atoms with van der Waals surface area (Å²) in [5.74, 6) is 1.95. The number of nitrogens with one attached hydrogen (secondary N) is 1. The quantitative estimate of drug-likeness (QED) is 0.696. The third kappa shape index (κ3) is 3.68. The molecular weight excluding hydrogens is 380 g/mol. The largest absolute Gasteiger partial charge is 0.343 e. The highest BCUT2D eigenvalue weighted by atomic mass is 35.5. The molecule has 0 aliphatic carbocycles. The second kappa shape index (κ2) is 7.55. The fourth-order valence-electron chi connectivity index (χ4n) is 3.12. The number of halogens is 1. The molecule has 3 aromatic rings. The smallest absolute Gasteiger partial charge is 0.249 e. The monoisotopic (exact) mass is 398 g/mol. The van der Waals surface area contributed by atoms with E-state index in [2.05, 4.69) is 25.4 Å². The van der Waals surface area contributed by atoms with Crippen LogP contribution in [0.5, 0.6) is 0 Å². The van der Waals surface area contributed by atoms with Gasteiger partial charge in [-0.1, -0.05) is 16.8 Å². The number of aromatic nitrogens is 4. The molecule has 8 nitrogen and oxygen atoms in total. The highest BCUT2D eigenvalue weighted by Crippen LogP contribution is 2.26. The van der Waals surface area contributed by atoms with E-state index < -0.39 is 0 Å². The minimum Gasteiger partial charge on any atom is -0.343 e. The van der Waals surface area contributed by atoms with Gasteiger partial charge in [0.2, 0.25) is 23.6 Å². The van der Waals surface area contributed by atoms with Crippen LogP contribution in [-0.4, -0.2) is 32.1 Å². The molecule has 1 N–H and O–H groups in total. The lowest BCUT2D eigenvalue weighted by atomic mass is 10.2. The number of hydrogen-bond donors (Lipinski definition) is 1. The van der Waals surface area contributed by atoms with Gasteiger partial charge in [-0.05, 0) is 50.6 Å². The van der Waals surface area contributed by atoms with E-state index in [0.29, 0.717) is 34.9 Å². The Bertz CT molecular complexity index is 990. The Balaban J connectivity index is 1.50. The van der Waals surface area contributed by atoms with Crippen LogP contribution in [0.15, 0.2) is 41.1 Å². The van der Waals surface area contributed by atoms with Crippen LogP contribution in [0.2, 0.25) is 5.02 Å². The molecule has 4 rings (SSSR count). The average Bonchev–Trinajstić information content (AvgIpc) is 3.30. The van der Waals surface area contributed by atoms with Crippen molar-refractivity contribution in [2.75, 3.05) is 10.2 Å². The van der Waals surface area contributed by atoms with Crippen molar-refractivity contribution in [1.82, 2.24) is 20.1 Å². The fraction of sp³-hybridized carbons (Fsp3) is 0.316. The van der Waals surface area contributed by atoms with Gasteiger partial charge in [0.05, 0.1) is 0 Å². The predicted octanol–water partition coefficient (Wildman–Crippen LogP) is 3.87. The molecule has 1 aliphatic rings. The summed E-state index contributed by atoms with van der Waals surface area (Å²) < 4.78 is 5.37. The zero-order chi connectivity index (χ0) is 19.7. The van der Waals surface area contributed by atoms with Gasteiger partial charge < -0.3 is 9.84 Å². The molecule has 0 saturated carbocycles. The molecule has 1 amide bonds. The van der Waals surface area contributed by atoms with Crippen molar-refractivity contribution >= 4 is 29.3 Å². The van der Waals surface area contributed by atoms with Gasteiger partial charge >= 0.3 is 0 Å². The van der Waals surface area contributed by atoms with Gasteiger partial charge in [-0.15, -0.1) is 0 Å². The molecule has 28 heavy (non-hydrogen) atoms. The Labute approximate surface area is 166 Å². The summed E-state index contributed by atoms with van der Waals surface area (Å²) in [7, 11) is 0. The van der Waals surface area contributed by atoms with Gasteiger partial charge in [0, 0.05) is 29.2 Å². The van der Waals surface area contributed by atoms with Crippen LogP contribution < -0.4 is 10.2 Å². The van der Waals surface area contributed by atoms with E-state index in [-0.39, 0.29) is 18.0 Å². The van der Waals surface area contributed by atoms with Crippen molar-refractivity contribution in [1.29, 1.82) is 0 Å². The maximum atomic E-state index is 12.1. The van der Waals surface area contributed by atoms with Crippen LogP contribution in [0.25, 0.3) is 11.4 Å². The van der Waals surface area contributed by atoms with Crippen molar-refractivity contribution < 1.29 is 9.32 Å². The molecule has 2 aromatic heterocycles. The van der Waals surface area contributed by atoms with Crippen LogP contribution in [0.3, 0.4) is 0 Å². The number of carbonyl (C=O) groups is 1. The van der Waals surface area contributed by atoms with E-state index in [1.807, 2.05) is 26.0 Å². The zero-order valence-corrected chi connectivity index (χ0v) is 16.2. The number of anilines is 2. The van der Waals surface area contributed by atoms with Crippen LogP contribution >= 0.6 is 11.6 Å². The Hall–Kier alpha value is -3.00. The summed E-state index contributed by atoms with van der Waals surface area (Å²) in [4.78, 5) is 27.0. The molecule has 0 radical (unpaired) electrons. The minimum absolute atomic E-state index is 0.0784. The Morgan fingerprint density at radius 2 is 2.04 bits per heavy atom. The average molecular weight is 399 g/mol. The molecule has 144 valence electrons. The lowest BCUT2D eigenvalue weighted by molar-refractivity contribution is -0.117. The van der Waals surface area contributed by atoms with E-state index in [0.717, 1.165) is 12.0 Å². The molecule has 1 unspecified atom stereocenters. The van der Waals surface area contributed by atoms with Gasteiger partial charge in [-0.3, -0.25) is 9.69 Å². The molecular formula is C19H19ClN6O2. The van der Waals surface area contributed by atoms with Crippen LogP contribution in [0.1, 0.15) is 38.6 Å². The first-order valence-electron chi connectivity index (χ1n) is 9.02. The van der Waals surface area contributed by atoms with Crippen molar-refractivity contribution in [3.8, 4) is 11.4 Å². The van der Waals surface area contributed by atoms with Gasteiger partial charge in [-0.2, -0.15) is 9.97 Å². The van der Waals surface area contributed by atoms with Crippen LogP contribution in [-0.2, 0) is 4.79 Å². The summed E-state index contributed by atoms with van der Waals surface area (Å²) >= 11 is 5.91. The zero-order valence-electron chi connectivity index (χ0n) is 15.5. The van der Waals surface area contributed by atoms with Crippen molar-refractivity contribution in [2.24, 2.45) is 0 Å². The number of carbonyl (C=O) groups excluding carboxylic acids is 1. The molecule has 2 atom stereocenters. The Morgan fingerprint density at radius 1 is 1.25 bits per heavy atom. The molecule has 1 saturated heterocycles. The summed E-state index contributed by atoms with van der Waals surface area (Å²) in [6.45, 7) is 3.89. The third-order valence-electron chi connectivity index (χ3n) is 4.63. The van der Waals surface area contributed by atoms with Crippen LogP contribution in [0.4, 0.5) is 11.8 Å². The summed E-state index contributed by atoms with van der Waals surface area (Å²) in [5.41, 5.74) is 0.811. The maximum Gasteiger partial charge on any atom is 0.249 e. The molecule has 3 heterocycles. The standard InChI is InChI=1S/C19H19ClN6O2/c1-11-3-8-16(27)26(11)15-9-10-21-19(23-15)22-12(2)18-24-17(25-28-18)13-4-6-14(20)7-5-13/h4-7,9-12H,3,8H2,1-2H3,(H,21,22,23)/t11?,12-/m1/s1. The minimum atomic E-state index is -0.310. The van der Waals surface area contributed by atoms with Crippen molar-refractivity contribution in [3.63, 3.8) is 0 Å². The number of amides is 1.